The van der Waals surface area contributed by atoms with E-state index in [0.717, 1.165) is 18.2 Å². The molecule has 0 saturated heterocycles. The number of benzene rings is 2. The van der Waals surface area contributed by atoms with Crippen molar-refractivity contribution >= 4 is 16.8 Å². The van der Waals surface area contributed by atoms with E-state index >= 15 is 0 Å². The first-order chi connectivity index (χ1) is 9.63. The molecular weight excluding hydrogens is 266 g/mol. The van der Waals surface area contributed by atoms with Gasteiger partial charge in [-0.2, -0.15) is 0 Å². The highest BCUT2D eigenvalue weighted by Gasteiger charge is 2.10. The zero-order chi connectivity index (χ0) is 14.1. The van der Waals surface area contributed by atoms with E-state index in [1.165, 1.54) is 0 Å². The third kappa shape index (κ3) is 2.27. The van der Waals surface area contributed by atoms with Crippen molar-refractivity contribution in [2.75, 3.05) is 5.73 Å². The predicted molar refractivity (Wildman–Crippen MR) is 69.1 cm³/mol. The summed E-state index contributed by atoms with van der Waals surface area (Å²) < 4.78 is 36.9. The van der Waals surface area contributed by atoms with Crippen LogP contribution in [0.25, 0.3) is 11.1 Å². The molecule has 0 unspecified atom stereocenters. The molecule has 0 aliphatic rings. The van der Waals surface area contributed by atoms with Crippen molar-refractivity contribution in [3.8, 4) is 5.75 Å². The summed E-state index contributed by atoms with van der Waals surface area (Å²) in [5, 5.41) is 0. The number of nitrogens with zero attached hydrogens (tertiary/aromatic N) is 1. The first kappa shape index (κ1) is 12.4. The molecule has 0 amide bonds. The highest BCUT2D eigenvalue weighted by atomic mass is 19.1. The number of halogens is 2. The summed E-state index contributed by atoms with van der Waals surface area (Å²) in [5.41, 5.74) is 7.27. The number of anilines is 1. The lowest BCUT2D eigenvalue weighted by Gasteiger charge is -2.04. The van der Waals surface area contributed by atoms with Gasteiger partial charge in [-0.3, -0.25) is 0 Å². The largest absolute Gasteiger partial charge is 0.481 e. The molecule has 3 aromatic rings. The third-order valence-corrected chi connectivity index (χ3v) is 2.74. The highest BCUT2D eigenvalue weighted by Crippen LogP contribution is 2.23. The van der Waals surface area contributed by atoms with E-state index in [2.05, 4.69) is 4.98 Å². The van der Waals surface area contributed by atoms with Crippen LogP contribution >= 0.6 is 0 Å². The van der Waals surface area contributed by atoms with Gasteiger partial charge in [-0.1, -0.05) is 6.07 Å². The van der Waals surface area contributed by atoms with Crippen LogP contribution in [-0.4, -0.2) is 4.98 Å². The quantitative estimate of drug-likeness (QED) is 0.746. The van der Waals surface area contributed by atoms with Crippen molar-refractivity contribution in [2.24, 2.45) is 0 Å². The molecule has 2 aromatic carbocycles. The number of ether oxygens (including phenoxy) is 1. The number of hydrogen-bond donors (Lipinski definition) is 1. The molecule has 1 aromatic heterocycles. The normalized spacial score (nSPS) is 10.9. The van der Waals surface area contributed by atoms with Gasteiger partial charge in [0.05, 0.1) is 5.69 Å². The minimum absolute atomic E-state index is 0.117. The van der Waals surface area contributed by atoms with E-state index in [1.807, 2.05) is 0 Å². The fourth-order valence-electron chi connectivity index (χ4n) is 1.80. The molecule has 3 rings (SSSR count). The van der Waals surface area contributed by atoms with Gasteiger partial charge in [0.1, 0.15) is 11.3 Å². The minimum Gasteiger partial charge on any atom is -0.481 e. The van der Waals surface area contributed by atoms with E-state index in [0.29, 0.717) is 16.8 Å². The SMILES string of the molecule is Nc1cccc2oc(COc3cc(F)ccc3F)nc12. The van der Waals surface area contributed by atoms with Gasteiger partial charge in [0.15, 0.2) is 23.8 Å². The van der Waals surface area contributed by atoms with Gasteiger partial charge in [-0.05, 0) is 24.3 Å². The highest BCUT2D eigenvalue weighted by molar-refractivity contribution is 5.85. The van der Waals surface area contributed by atoms with Gasteiger partial charge < -0.3 is 14.9 Å². The maximum Gasteiger partial charge on any atom is 0.233 e. The topological polar surface area (TPSA) is 61.3 Å². The molecule has 2 N–H and O–H groups in total. The second kappa shape index (κ2) is 4.80. The minimum atomic E-state index is -0.651. The second-order valence-corrected chi connectivity index (χ2v) is 4.17. The zero-order valence-electron chi connectivity index (χ0n) is 10.3. The van der Waals surface area contributed by atoms with Gasteiger partial charge in [-0.25, -0.2) is 13.8 Å². The number of oxazole rings is 1. The van der Waals surface area contributed by atoms with Crippen molar-refractivity contribution in [3.63, 3.8) is 0 Å². The maximum atomic E-state index is 13.4. The summed E-state index contributed by atoms with van der Waals surface area (Å²) in [4.78, 5) is 4.15. The Hall–Kier alpha value is -2.63. The molecule has 4 nitrogen and oxygen atoms in total. The fraction of sp³-hybridized carbons (Fsp3) is 0.0714. The maximum absolute atomic E-state index is 13.4. The number of aromatic nitrogens is 1. The Bertz CT molecular complexity index is 771. The molecule has 0 saturated carbocycles. The molecule has 0 bridgehead atoms. The average molecular weight is 276 g/mol. The van der Waals surface area contributed by atoms with Gasteiger partial charge in [0.25, 0.3) is 0 Å². The zero-order valence-corrected chi connectivity index (χ0v) is 10.3. The van der Waals surface area contributed by atoms with Crippen LogP contribution in [0.4, 0.5) is 14.5 Å². The number of fused-ring (bicyclic) bond motifs is 1. The van der Waals surface area contributed by atoms with Crippen LogP contribution in [0.3, 0.4) is 0 Å². The fourth-order valence-corrected chi connectivity index (χ4v) is 1.80. The standard InChI is InChI=1S/C14H10F2N2O2/c15-8-4-5-9(16)12(6-8)19-7-13-18-14-10(17)2-1-3-11(14)20-13/h1-6H,7,17H2. The summed E-state index contributed by atoms with van der Waals surface area (Å²) >= 11 is 0. The lowest BCUT2D eigenvalue weighted by Crippen LogP contribution is -1.98. The van der Waals surface area contributed by atoms with E-state index in [-0.39, 0.29) is 18.2 Å². The van der Waals surface area contributed by atoms with Crippen LogP contribution in [0.2, 0.25) is 0 Å². The van der Waals surface area contributed by atoms with Crippen LogP contribution in [0, 0.1) is 11.6 Å². The molecule has 20 heavy (non-hydrogen) atoms. The lowest BCUT2D eigenvalue weighted by atomic mass is 10.3. The summed E-state index contributed by atoms with van der Waals surface area (Å²) in [7, 11) is 0. The molecule has 0 spiro atoms. The van der Waals surface area contributed by atoms with E-state index in [9.17, 15) is 8.78 Å². The van der Waals surface area contributed by atoms with E-state index < -0.39 is 11.6 Å². The van der Waals surface area contributed by atoms with Crippen LogP contribution in [0.1, 0.15) is 5.89 Å². The summed E-state index contributed by atoms with van der Waals surface area (Å²) in [6, 6.07) is 8.12. The second-order valence-electron chi connectivity index (χ2n) is 4.17. The van der Waals surface area contributed by atoms with Crippen LogP contribution in [0.15, 0.2) is 40.8 Å². The Kier molecular flexibility index (Phi) is 2.98. The number of hydrogen-bond acceptors (Lipinski definition) is 4. The summed E-state index contributed by atoms with van der Waals surface area (Å²) in [6.07, 6.45) is 0. The van der Waals surface area contributed by atoms with E-state index in [4.69, 9.17) is 14.9 Å². The third-order valence-electron chi connectivity index (χ3n) is 2.74. The van der Waals surface area contributed by atoms with Gasteiger partial charge in [0, 0.05) is 6.07 Å². The summed E-state index contributed by atoms with van der Waals surface area (Å²) in [5.74, 6) is -1.19. The Morgan fingerprint density at radius 1 is 1.20 bits per heavy atom. The molecule has 0 fully saturated rings. The molecule has 102 valence electrons. The van der Waals surface area contributed by atoms with Gasteiger partial charge in [-0.15, -0.1) is 0 Å². The van der Waals surface area contributed by atoms with Crippen molar-refractivity contribution in [1.29, 1.82) is 0 Å². The Morgan fingerprint density at radius 3 is 2.85 bits per heavy atom. The molecule has 0 aliphatic heterocycles. The Morgan fingerprint density at radius 2 is 2.05 bits per heavy atom. The molecule has 1 heterocycles. The monoisotopic (exact) mass is 276 g/mol. The number of nitrogens with two attached hydrogens (primary N) is 1. The van der Waals surface area contributed by atoms with Gasteiger partial charge >= 0.3 is 0 Å². The van der Waals surface area contributed by atoms with Crippen molar-refractivity contribution in [1.82, 2.24) is 4.98 Å². The molecule has 6 heteroatoms. The molecular formula is C14H10F2N2O2. The van der Waals surface area contributed by atoms with Crippen molar-refractivity contribution in [3.05, 3.63) is 53.9 Å². The Balaban J connectivity index is 1.83. The first-order valence-corrected chi connectivity index (χ1v) is 5.85. The van der Waals surface area contributed by atoms with Crippen molar-refractivity contribution < 1.29 is 17.9 Å². The molecule has 0 radical (unpaired) electrons. The molecule has 0 aliphatic carbocycles. The van der Waals surface area contributed by atoms with Crippen LogP contribution in [-0.2, 0) is 6.61 Å². The smallest absolute Gasteiger partial charge is 0.233 e. The average Bonchev–Trinajstić information content (AvgIpc) is 2.84. The van der Waals surface area contributed by atoms with Gasteiger partial charge in [0.2, 0.25) is 5.89 Å². The number of rotatable bonds is 3. The van der Waals surface area contributed by atoms with Crippen molar-refractivity contribution in [2.45, 2.75) is 6.61 Å². The van der Waals surface area contributed by atoms with E-state index in [1.54, 1.807) is 18.2 Å². The molecule has 0 atom stereocenters. The summed E-state index contributed by atoms with van der Waals surface area (Å²) in [6.45, 7) is -0.117. The van der Waals surface area contributed by atoms with Crippen LogP contribution < -0.4 is 10.5 Å². The predicted octanol–water partition coefficient (Wildman–Crippen LogP) is 3.27. The number of nitrogen functional groups attached to an aromatic ring is 1. The lowest BCUT2D eigenvalue weighted by molar-refractivity contribution is 0.254. The Labute approximate surface area is 112 Å². The van der Waals surface area contributed by atoms with Crippen LogP contribution in [0.5, 0.6) is 5.75 Å². The number of para-hydroxylation sites is 1. The first-order valence-electron chi connectivity index (χ1n) is 5.85.